The smallest absolute Gasteiger partial charge is 0.270 e. The number of nitrogens with one attached hydrogen (secondary N) is 1. The van der Waals surface area contributed by atoms with Gasteiger partial charge in [-0.2, -0.15) is 0 Å². The fraction of sp³-hybridized carbons (Fsp3) is 0. The summed E-state index contributed by atoms with van der Waals surface area (Å²) in [5.74, 6) is -0.210. The van der Waals surface area contributed by atoms with Gasteiger partial charge >= 0.3 is 0 Å². The molecule has 7 nitrogen and oxygen atoms in total. The second-order valence-corrected chi connectivity index (χ2v) is 6.61. The van der Waals surface area contributed by atoms with Crippen molar-refractivity contribution in [2.24, 2.45) is 0 Å². The maximum absolute atomic E-state index is 12.3. The molecule has 0 fully saturated rings. The number of anilines is 1. The van der Waals surface area contributed by atoms with Gasteiger partial charge in [0.25, 0.3) is 15.7 Å². The standard InChI is InChI=1S/C12H8Cl2N2O5S/c13-9-3-2-8(16(18)19)6-12(9)22(20,21)15-7-1-4-11(17)10(14)5-7/h1-6,15,17H. The van der Waals surface area contributed by atoms with Crippen molar-refractivity contribution in [3.05, 3.63) is 56.6 Å². The van der Waals surface area contributed by atoms with Crippen LogP contribution in [0.2, 0.25) is 10.0 Å². The van der Waals surface area contributed by atoms with Crippen molar-refractivity contribution >= 4 is 44.6 Å². The molecule has 0 saturated heterocycles. The summed E-state index contributed by atoms with van der Waals surface area (Å²) in [6.07, 6.45) is 0. The van der Waals surface area contributed by atoms with Gasteiger partial charge in [-0.05, 0) is 24.3 Å². The Bertz CT molecular complexity index is 855. The van der Waals surface area contributed by atoms with Crippen molar-refractivity contribution in [2.75, 3.05) is 4.72 Å². The molecule has 116 valence electrons. The van der Waals surface area contributed by atoms with Gasteiger partial charge in [0.15, 0.2) is 0 Å². The Balaban J connectivity index is 2.44. The summed E-state index contributed by atoms with van der Waals surface area (Å²) in [7, 11) is -4.16. The Morgan fingerprint density at radius 3 is 2.36 bits per heavy atom. The first-order chi connectivity index (χ1) is 10.2. The third-order valence-corrected chi connectivity index (χ3v) is 4.78. The second kappa shape index (κ2) is 5.99. The summed E-state index contributed by atoms with van der Waals surface area (Å²) in [5, 5.41) is 19.8. The van der Waals surface area contributed by atoms with E-state index < -0.39 is 25.5 Å². The van der Waals surface area contributed by atoms with Crippen LogP contribution in [0.5, 0.6) is 5.75 Å². The molecule has 0 amide bonds. The van der Waals surface area contributed by atoms with Crippen LogP contribution in [0.25, 0.3) is 0 Å². The Morgan fingerprint density at radius 2 is 1.77 bits per heavy atom. The molecule has 2 aromatic rings. The molecule has 0 heterocycles. The Morgan fingerprint density at radius 1 is 1.09 bits per heavy atom. The van der Waals surface area contributed by atoms with Gasteiger partial charge < -0.3 is 5.11 Å². The molecule has 0 unspecified atom stereocenters. The largest absolute Gasteiger partial charge is 0.506 e. The number of nitro benzene ring substituents is 1. The van der Waals surface area contributed by atoms with Gasteiger partial charge in [0.2, 0.25) is 0 Å². The predicted octanol–water partition coefficient (Wildman–Crippen LogP) is 3.41. The number of phenolic OH excluding ortho intramolecular Hbond substituents is 1. The van der Waals surface area contributed by atoms with E-state index in [0.717, 1.165) is 18.2 Å². The zero-order valence-corrected chi connectivity index (χ0v) is 13.0. The number of hydrogen-bond acceptors (Lipinski definition) is 5. The van der Waals surface area contributed by atoms with Gasteiger partial charge in [0.05, 0.1) is 20.7 Å². The van der Waals surface area contributed by atoms with Gasteiger partial charge in [0, 0.05) is 12.1 Å². The van der Waals surface area contributed by atoms with E-state index in [4.69, 9.17) is 23.2 Å². The molecule has 22 heavy (non-hydrogen) atoms. The van der Waals surface area contributed by atoms with Crippen LogP contribution in [0.4, 0.5) is 11.4 Å². The summed E-state index contributed by atoms with van der Waals surface area (Å²) >= 11 is 11.5. The lowest BCUT2D eigenvalue weighted by Crippen LogP contribution is -2.13. The van der Waals surface area contributed by atoms with Crippen LogP contribution >= 0.6 is 23.2 Å². The average Bonchev–Trinajstić information content (AvgIpc) is 2.42. The Kier molecular flexibility index (Phi) is 4.45. The number of aromatic hydroxyl groups is 1. The van der Waals surface area contributed by atoms with Crippen molar-refractivity contribution in [3.8, 4) is 5.75 Å². The Labute approximate surface area is 135 Å². The normalized spacial score (nSPS) is 11.2. The average molecular weight is 363 g/mol. The molecule has 0 bridgehead atoms. The van der Waals surface area contributed by atoms with Gasteiger partial charge in [-0.25, -0.2) is 8.42 Å². The van der Waals surface area contributed by atoms with E-state index in [0.29, 0.717) is 0 Å². The van der Waals surface area contributed by atoms with Crippen molar-refractivity contribution in [3.63, 3.8) is 0 Å². The fourth-order valence-electron chi connectivity index (χ4n) is 1.59. The molecule has 0 atom stereocenters. The molecule has 0 radical (unpaired) electrons. The van der Waals surface area contributed by atoms with Gasteiger partial charge in [-0.3, -0.25) is 14.8 Å². The van der Waals surface area contributed by atoms with E-state index in [1.165, 1.54) is 18.2 Å². The van der Waals surface area contributed by atoms with E-state index in [1.54, 1.807) is 0 Å². The molecular weight excluding hydrogens is 355 g/mol. The highest BCUT2D eigenvalue weighted by Gasteiger charge is 2.22. The monoisotopic (exact) mass is 362 g/mol. The molecule has 2 rings (SSSR count). The van der Waals surface area contributed by atoms with Crippen LogP contribution in [0.1, 0.15) is 0 Å². The molecular formula is C12H8Cl2N2O5S. The lowest BCUT2D eigenvalue weighted by atomic mass is 10.3. The van der Waals surface area contributed by atoms with Crippen LogP contribution in [0, 0.1) is 10.1 Å². The highest BCUT2D eigenvalue weighted by molar-refractivity contribution is 7.92. The van der Waals surface area contributed by atoms with E-state index in [-0.39, 0.29) is 21.5 Å². The zero-order chi connectivity index (χ0) is 16.5. The first-order valence-electron chi connectivity index (χ1n) is 5.66. The van der Waals surface area contributed by atoms with Crippen molar-refractivity contribution < 1.29 is 18.4 Å². The van der Waals surface area contributed by atoms with Gasteiger partial charge in [0.1, 0.15) is 10.6 Å². The number of non-ortho nitro benzene ring substituents is 1. The number of hydrogen-bond donors (Lipinski definition) is 2. The summed E-state index contributed by atoms with van der Waals surface area (Å²) in [5.41, 5.74) is -0.334. The molecule has 2 aromatic carbocycles. The Hall–Kier alpha value is -2.03. The first-order valence-corrected chi connectivity index (χ1v) is 7.90. The number of nitrogens with zero attached hydrogens (tertiary/aromatic N) is 1. The van der Waals surface area contributed by atoms with Crippen LogP contribution in [0.15, 0.2) is 41.3 Å². The number of sulfonamides is 1. The SMILES string of the molecule is O=[N+]([O-])c1ccc(Cl)c(S(=O)(=O)Nc2ccc(O)c(Cl)c2)c1. The number of halogens is 2. The molecule has 10 heteroatoms. The summed E-state index contributed by atoms with van der Waals surface area (Å²) < 4.78 is 26.7. The maximum Gasteiger partial charge on any atom is 0.270 e. The van der Waals surface area contributed by atoms with Crippen molar-refractivity contribution in [1.29, 1.82) is 0 Å². The summed E-state index contributed by atoms with van der Waals surface area (Å²) in [4.78, 5) is 9.57. The van der Waals surface area contributed by atoms with Crippen molar-refractivity contribution in [1.82, 2.24) is 0 Å². The molecule has 0 aromatic heterocycles. The molecule has 0 aliphatic heterocycles. The zero-order valence-electron chi connectivity index (χ0n) is 10.7. The quantitative estimate of drug-likeness (QED) is 0.491. The van der Waals surface area contributed by atoms with Crippen LogP contribution < -0.4 is 4.72 Å². The molecule has 0 aliphatic rings. The number of phenols is 1. The summed E-state index contributed by atoms with van der Waals surface area (Å²) in [6.45, 7) is 0. The van der Waals surface area contributed by atoms with E-state index in [2.05, 4.69) is 4.72 Å². The minimum atomic E-state index is -4.16. The third-order valence-electron chi connectivity index (χ3n) is 2.62. The second-order valence-electron chi connectivity index (χ2n) is 4.14. The van der Waals surface area contributed by atoms with Crippen LogP contribution in [-0.4, -0.2) is 18.4 Å². The number of nitro groups is 1. The predicted molar refractivity (Wildman–Crippen MR) is 82.0 cm³/mol. The van der Waals surface area contributed by atoms with Crippen LogP contribution in [-0.2, 0) is 10.0 Å². The first kappa shape index (κ1) is 16.3. The molecule has 2 N–H and O–H groups in total. The lowest BCUT2D eigenvalue weighted by Gasteiger charge is -2.10. The van der Waals surface area contributed by atoms with Crippen LogP contribution in [0.3, 0.4) is 0 Å². The lowest BCUT2D eigenvalue weighted by molar-refractivity contribution is -0.385. The minimum absolute atomic E-state index is 0.0506. The fourth-order valence-corrected chi connectivity index (χ4v) is 3.34. The maximum atomic E-state index is 12.3. The van der Waals surface area contributed by atoms with E-state index >= 15 is 0 Å². The number of rotatable bonds is 4. The van der Waals surface area contributed by atoms with Crippen molar-refractivity contribution in [2.45, 2.75) is 4.90 Å². The molecule has 0 saturated carbocycles. The summed E-state index contributed by atoms with van der Waals surface area (Å²) in [6, 6.07) is 6.75. The number of benzene rings is 2. The molecule has 0 spiro atoms. The van der Waals surface area contributed by atoms with Gasteiger partial charge in [-0.1, -0.05) is 23.2 Å². The highest BCUT2D eigenvalue weighted by atomic mass is 35.5. The third kappa shape index (κ3) is 3.41. The van der Waals surface area contributed by atoms with E-state index in [1.807, 2.05) is 0 Å². The highest BCUT2D eigenvalue weighted by Crippen LogP contribution is 2.30. The van der Waals surface area contributed by atoms with Gasteiger partial charge in [-0.15, -0.1) is 0 Å². The molecule has 0 aliphatic carbocycles. The minimum Gasteiger partial charge on any atom is -0.506 e. The van der Waals surface area contributed by atoms with E-state index in [9.17, 15) is 23.6 Å². The topological polar surface area (TPSA) is 110 Å².